The molecule has 0 aromatic rings. The van der Waals surface area contributed by atoms with E-state index < -0.39 is 5.60 Å². The highest BCUT2D eigenvalue weighted by atomic mass is 16.6. The van der Waals surface area contributed by atoms with Crippen LogP contribution < -0.4 is 5.32 Å². The number of hydrogen-bond donors (Lipinski definition) is 2. The summed E-state index contributed by atoms with van der Waals surface area (Å²) >= 11 is 0. The Morgan fingerprint density at radius 1 is 1.29 bits per heavy atom. The molecular formula is C13H24N2O2. The summed E-state index contributed by atoms with van der Waals surface area (Å²) < 4.78 is 5.18. The molecule has 0 saturated heterocycles. The van der Waals surface area contributed by atoms with Crippen molar-refractivity contribution in [3.8, 4) is 0 Å². The Balaban J connectivity index is 2.25. The quantitative estimate of drug-likeness (QED) is 0.452. The van der Waals surface area contributed by atoms with E-state index in [1.165, 1.54) is 19.3 Å². The summed E-state index contributed by atoms with van der Waals surface area (Å²) in [7, 11) is 0. The van der Waals surface area contributed by atoms with Crippen molar-refractivity contribution >= 4 is 11.8 Å². The average molecular weight is 240 g/mol. The maximum atomic E-state index is 11.5. The van der Waals surface area contributed by atoms with E-state index in [2.05, 4.69) is 5.32 Å². The number of ether oxygens (including phenoxy) is 1. The van der Waals surface area contributed by atoms with Crippen LogP contribution in [0.1, 0.15) is 52.9 Å². The molecule has 1 aliphatic carbocycles. The Labute approximate surface area is 104 Å². The lowest BCUT2D eigenvalue weighted by atomic mass is 9.88. The number of carbonyl (C=O) groups excluding carboxylic acids is 1. The zero-order valence-electron chi connectivity index (χ0n) is 11.1. The Hall–Kier alpha value is -1.06. The Morgan fingerprint density at radius 3 is 2.41 bits per heavy atom. The molecule has 1 fully saturated rings. The molecule has 0 aromatic carbocycles. The molecule has 0 unspecified atom stereocenters. The lowest BCUT2D eigenvalue weighted by molar-refractivity contribution is -0.153. The minimum atomic E-state index is -0.453. The van der Waals surface area contributed by atoms with Gasteiger partial charge in [-0.15, -0.1) is 0 Å². The van der Waals surface area contributed by atoms with Gasteiger partial charge in [0, 0.05) is 5.92 Å². The van der Waals surface area contributed by atoms with E-state index in [0.29, 0.717) is 11.8 Å². The first-order chi connectivity index (χ1) is 7.88. The SMILES string of the molecule is CC(C)(C)OC(=O)CNC(=N)C1CCCCC1. The van der Waals surface area contributed by atoms with Gasteiger partial charge in [0.05, 0.1) is 5.84 Å². The number of carbonyl (C=O) groups is 1. The van der Waals surface area contributed by atoms with Crippen molar-refractivity contribution in [3.05, 3.63) is 0 Å². The molecule has 4 nitrogen and oxygen atoms in total. The highest BCUT2D eigenvalue weighted by Gasteiger charge is 2.20. The smallest absolute Gasteiger partial charge is 0.325 e. The third-order valence-corrected chi connectivity index (χ3v) is 2.86. The van der Waals surface area contributed by atoms with Crippen LogP contribution >= 0.6 is 0 Å². The minimum Gasteiger partial charge on any atom is -0.459 e. The number of amidine groups is 1. The van der Waals surface area contributed by atoms with Gasteiger partial charge < -0.3 is 10.1 Å². The van der Waals surface area contributed by atoms with Gasteiger partial charge in [-0.1, -0.05) is 19.3 Å². The molecule has 0 bridgehead atoms. The van der Waals surface area contributed by atoms with Gasteiger partial charge in [-0.25, -0.2) is 0 Å². The summed E-state index contributed by atoms with van der Waals surface area (Å²) in [5.74, 6) is 0.514. The van der Waals surface area contributed by atoms with Gasteiger partial charge in [-0.05, 0) is 33.6 Å². The normalized spacial score (nSPS) is 17.6. The molecule has 4 heteroatoms. The van der Waals surface area contributed by atoms with Crippen molar-refractivity contribution in [2.45, 2.75) is 58.5 Å². The second kappa shape index (κ2) is 6.03. The van der Waals surface area contributed by atoms with E-state index >= 15 is 0 Å². The summed E-state index contributed by atoms with van der Waals surface area (Å²) in [5, 5.41) is 10.8. The average Bonchev–Trinajstić information content (AvgIpc) is 2.25. The molecule has 1 saturated carbocycles. The first-order valence-corrected chi connectivity index (χ1v) is 6.42. The lowest BCUT2D eigenvalue weighted by Gasteiger charge is -2.24. The fraction of sp³-hybridized carbons (Fsp3) is 0.846. The first-order valence-electron chi connectivity index (χ1n) is 6.42. The Bertz CT molecular complexity index is 276. The van der Waals surface area contributed by atoms with Crippen molar-refractivity contribution in [3.63, 3.8) is 0 Å². The summed E-state index contributed by atoms with van der Waals surface area (Å²) in [6.07, 6.45) is 5.80. The Morgan fingerprint density at radius 2 is 1.88 bits per heavy atom. The van der Waals surface area contributed by atoms with Crippen LogP contribution in [0, 0.1) is 11.3 Å². The number of hydrogen-bond acceptors (Lipinski definition) is 3. The first kappa shape index (κ1) is 14.0. The largest absolute Gasteiger partial charge is 0.459 e. The van der Waals surface area contributed by atoms with Gasteiger partial charge in [0.1, 0.15) is 12.1 Å². The van der Waals surface area contributed by atoms with Crippen LogP contribution in [-0.4, -0.2) is 24.0 Å². The number of rotatable bonds is 3. The molecule has 0 spiro atoms. The number of esters is 1. The van der Waals surface area contributed by atoms with Gasteiger partial charge in [0.25, 0.3) is 0 Å². The predicted molar refractivity (Wildman–Crippen MR) is 68.1 cm³/mol. The third kappa shape index (κ3) is 5.71. The minimum absolute atomic E-state index is 0.104. The van der Waals surface area contributed by atoms with Crippen LogP contribution in [0.15, 0.2) is 0 Å². The molecule has 17 heavy (non-hydrogen) atoms. The molecule has 0 radical (unpaired) electrons. The van der Waals surface area contributed by atoms with Crippen molar-refractivity contribution in [2.24, 2.45) is 5.92 Å². The van der Waals surface area contributed by atoms with Crippen LogP contribution in [0.5, 0.6) is 0 Å². The standard InChI is InChI=1S/C13H24N2O2/c1-13(2,3)17-11(16)9-15-12(14)10-7-5-4-6-8-10/h10H,4-9H2,1-3H3,(H2,14,15). The maximum Gasteiger partial charge on any atom is 0.325 e. The van der Waals surface area contributed by atoms with E-state index in [9.17, 15) is 4.79 Å². The van der Waals surface area contributed by atoms with E-state index in [4.69, 9.17) is 10.1 Å². The molecule has 2 N–H and O–H groups in total. The monoisotopic (exact) mass is 240 g/mol. The zero-order valence-corrected chi connectivity index (χ0v) is 11.1. The summed E-state index contributed by atoms with van der Waals surface area (Å²) in [6.45, 7) is 5.64. The van der Waals surface area contributed by atoms with E-state index in [1.54, 1.807) is 0 Å². The molecule has 0 atom stereocenters. The Kier molecular flexibility index (Phi) is 4.97. The molecule has 0 aliphatic heterocycles. The molecular weight excluding hydrogens is 216 g/mol. The van der Waals surface area contributed by atoms with Gasteiger partial charge in [-0.2, -0.15) is 0 Å². The molecule has 1 rings (SSSR count). The lowest BCUT2D eigenvalue weighted by Crippen LogP contribution is -2.37. The third-order valence-electron chi connectivity index (χ3n) is 2.86. The fourth-order valence-electron chi connectivity index (χ4n) is 2.08. The summed E-state index contributed by atoms with van der Waals surface area (Å²) in [5.41, 5.74) is -0.453. The van der Waals surface area contributed by atoms with Gasteiger partial charge in [-0.3, -0.25) is 10.2 Å². The summed E-state index contributed by atoms with van der Waals surface area (Å²) in [4.78, 5) is 11.5. The second-order valence-electron chi connectivity index (χ2n) is 5.69. The van der Waals surface area contributed by atoms with Crippen LogP contribution in [0.3, 0.4) is 0 Å². The van der Waals surface area contributed by atoms with E-state index in [1.807, 2.05) is 20.8 Å². The van der Waals surface area contributed by atoms with Crippen LogP contribution in [0.4, 0.5) is 0 Å². The number of nitrogens with one attached hydrogen (secondary N) is 2. The maximum absolute atomic E-state index is 11.5. The molecule has 0 heterocycles. The fourth-order valence-corrected chi connectivity index (χ4v) is 2.08. The molecule has 0 aromatic heterocycles. The van der Waals surface area contributed by atoms with Gasteiger partial charge in [0.15, 0.2) is 0 Å². The predicted octanol–water partition coefficient (Wildman–Crippen LogP) is 2.48. The zero-order chi connectivity index (χ0) is 12.9. The molecule has 98 valence electrons. The van der Waals surface area contributed by atoms with E-state index in [0.717, 1.165) is 12.8 Å². The van der Waals surface area contributed by atoms with Crippen molar-refractivity contribution in [1.29, 1.82) is 5.41 Å². The summed E-state index contributed by atoms with van der Waals surface area (Å²) in [6, 6.07) is 0. The van der Waals surface area contributed by atoms with Crippen LogP contribution in [0.25, 0.3) is 0 Å². The highest BCUT2D eigenvalue weighted by molar-refractivity contribution is 5.85. The van der Waals surface area contributed by atoms with Gasteiger partial charge in [0.2, 0.25) is 0 Å². The molecule has 1 aliphatic rings. The van der Waals surface area contributed by atoms with Gasteiger partial charge >= 0.3 is 5.97 Å². The highest BCUT2D eigenvalue weighted by Crippen LogP contribution is 2.23. The van der Waals surface area contributed by atoms with Crippen molar-refractivity contribution in [2.75, 3.05) is 6.54 Å². The van der Waals surface area contributed by atoms with E-state index in [-0.39, 0.29) is 12.5 Å². The second-order valence-corrected chi connectivity index (χ2v) is 5.69. The van der Waals surface area contributed by atoms with Crippen molar-refractivity contribution in [1.82, 2.24) is 5.32 Å². The van der Waals surface area contributed by atoms with Crippen LogP contribution in [-0.2, 0) is 9.53 Å². The topological polar surface area (TPSA) is 62.2 Å². The van der Waals surface area contributed by atoms with Crippen LogP contribution in [0.2, 0.25) is 0 Å². The molecule has 0 amide bonds. The van der Waals surface area contributed by atoms with Crippen molar-refractivity contribution < 1.29 is 9.53 Å².